The van der Waals surface area contributed by atoms with Crippen molar-refractivity contribution in [3.8, 4) is 0 Å². The van der Waals surface area contributed by atoms with Crippen LogP contribution in [0.5, 0.6) is 0 Å². The van der Waals surface area contributed by atoms with Gasteiger partial charge in [0.25, 0.3) is 0 Å². The van der Waals surface area contributed by atoms with Gasteiger partial charge in [-0.05, 0) is 55.7 Å². The van der Waals surface area contributed by atoms with E-state index in [4.69, 9.17) is 4.74 Å². The molecule has 148 valence electrons. The summed E-state index contributed by atoms with van der Waals surface area (Å²) in [6, 6.07) is 6.05. The van der Waals surface area contributed by atoms with Crippen LogP contribution in [0, 0.1) is 6.92 Å². The second-order valence-corrected chi connectivity index (χ2v) is 6.92. The molecule has 6 nitrogen and oxygen atoms in total. The number of ether oxygens (including phenoxy) is 1. The van der Waals surface area contributed by atoms with Crippen LogP contribution < -0.4 is 0 Å². The fourth-order valence-electron chi connectivity index (χ4n) is 3.02. The lowest BCUT2D eigenvalue weighted by Crippen LogP contribution is -2.13. The lowest BCUT2D eigenvalue weighted by molar-refractivity contribution is -0.144. The van der Waals surface area contributed by atoms with Gasteiger partial charge in [0.1, 0.15) is 0 Å². The third-order valence-corrected chi connectivity index (χ3v) is 4.85. The van der Waals surface area contributed by atoms with Crippen molar-refractivity contribution in [3.63, 3.8) is 0 Å². The van der Waals surface area contributed by atoms with Crippen LogP contribution >= 0.6 is 0 Å². The van der Waals surface area contributed by atoms with Gasteiger partial charge in [-0.3, -0.25) is 9.48 Å². The Morgan fingerprint density at radius 2 is 2.15 bits per heavy atom. The highest BCUT2D eigenvalue weighted by Crippen LogP contribution is 2.27. The molecule has 0 aliphatic carbocycles. The summed E-state index contributed by atoms with van der Waals surface area (Å²) in [5.74, 6) is -0.145. The quantitative estimate of drug-likeness (QED) is 0.481. The van der Waals surface area contributed by atoms with Crippen LogP contribution in [0.4, 0.5) is 0 Å². The molecule has 0 amide bonds. The number of carbonyl (C=O) groups is 1. The molecule has 1 N–H and O–H groups in total. The highest BCUT2D eigenvalue weighted by molar-refractivity contribution is 5.70. The van der Waals surface area contributed by atoms with Crippen LogP contribution in [0.1, 0.15) is 67.8 Å². The maximum absolute atomic E-state index is 12.3. The molecule has 1 unspecified atom stereocenters. The number of rotatable bonds is 11. The molecule has 0 aliphatic rings. The van der Waals surface area contributed by atoms with E-state index in [1.165, 1.54) is 0 Å². The molecule has 2 rings (SSSR count). The first kappa shape index (κ1) is 21.1. The normalized spacial score (nSPS) is 12.1. The summed E-state index contributed by atoms with van der Waals surface area (Å²) >= 11 is 0. The van der Waals surface area contributed by atoms with Crippen molar-refractivity contribution in [2.24, 2.45) is 0 Å². The number of aliphatic hydroxyl groups excluding tert-OH is 1. The van der Waals surface area contributed by atoms with Gasteiger partial charge < -0.3 is 9.84 Å². The molecular formula is C21H31N3O3. The fourth-order valence-corrected chi connectivity index (χ4v) is 3.02. The van der Waals surface area contributed by atoms with Gasteiger partial charge in [0.15, 0.2) is 0 Å². The summed E-state index contributed by atoms with van der Waals surface area (Å²) in [5, 5.41) is 17.8. The molecule has 0 radical (unpaired) electrons. The summed E-state index contributed by atoms with van der Waals surface area (Å²) in [6.45, 7) is 7.34. The largest absolute Gasteiger partial charge is 0.466 e. The number of unbranched alkanes of at least 4 members (excludes halogenated alkanes) is 1. The van der Waals surface area contributed by atoms with Crippen molar-refractivity contribution in [1.82, 2.24) is 15.0 Å². The van der Waals surface area contributed by atoms with E-state index in [0.717, 1.165) is 54.6 Å². The van der Waals surface area contributed by atoms with Crippen LogP contribution in [-0.2, 0) is 29.1 Å². The number of nitrogens with zero attached hydrogens (tertiary/aromatic N) is 3. The predicted octanol–water partition coefficient (Wildman–Crippen LogP) is 3.55. The molecule has 0 saturated heterocycles. The second kappa shape index (κ2) is 10.8. The number of carbonyl (C=O) groups excluding carboxylic acids is 1. The molecule has 0 saturated carbocycles. The molecule has 1 atom stereocenters. The Hall–Kier alpha value is -2.21. The van der Waals surface area contributed by atoms with Crippen molar-refractivity contribution >= 4 is 5.97 Å². The fraction of sp³-hybridized carbons (Fsp3) is 0.571. The minimum absolute atomic E-state index is 0.00182. The number of hydrogen-bond acceptors (Lipinski definition) is 5. The van der Waals surface area contributed by atoms with Crippen LogP contribution in [0.3, 0.4) is 0 Å². The van der Waals surface area contributed by atoms with Crippen molar-refractivity contribution in [1.29, 1.82) is 0 Å². The molecule has 0 spiro atoms. The molecule has 6 heteroatoms. The first-order chi connectivity index (χ1) is 13.1. The number of aliphatic hydroxyl groups is 1. The van der Waals surface area contributed by atoms with E-state index in [0.29, 0.717) is 13.0 Å². The standard InChI is InChI=1S/C21H31N3O3/c1-4-6-11-27-21(26)13-18(9-10-20-14-24(5-2)23-22-20)17-8-7-16(3)19(12-17)15-25/h7-8,12,14,18,25H,4-6,9-11,13,15H2,1-3H3. The topological polar surface area (TPSA) is 77.2 Å². The van der Waals surface area contributed by atoms with Crippen LogP contribution in [0.2, 0.25) is 0 Å². The maximum atomic E-state index is 12.3. The number of hydrogen-bond donors (Lipinski definition) is 1. The third-order valence-electron chi connectivity index (χ3n) is 4.85. The number of aromatic nitrogens is 3. The molecule has 27 heavy (non-hydrogen) atoms. The van der Waals surface area contributed by atoms with Gasteiger partial charge >= 0.3 is 5.97 Å². The van der Waals surface area contributed by atoms with Crippen LogP contribution in [0.15, 0.2) is 24.4 Å². The second-order valence-electron chi connectivity index (χ2n) is 6.92. The molecular weight excluding hydrogens is 342 g/mol. The lowest BCUT2D eigenvalue weighted by Gasteiger charge is -2.18. The first-order valence-electron chi connectivity index (χ1n) is 9.82. The first-order valence-corrected chi connectivity index (χ1v) is 9.82. The van der Waals surface area contributed by atoms with Gasteiger partial charge in [-0.2, -0.15) is 0 Å². The van der Waals surface area contributed by atoms with E-state index in [1.54, 1.807) is 4.68 Å². The third kappa shape index (κ3) is 6.47. The van der Waals surface area contributed by atoms with E-state index in [-0.39, 0.29) is 18.5 Å². The zero-order valence-electron chi connectivity index (χ0n) is 16.6. The maximum Gasteiger partial charge on any atom is 0.306 e. The van der Waals surface area contributed by atoms with E-state index in [2.05, 4.69) is 17.2 Å². The molecule has 0 fully saturated rings. The Bertz CT molecular complexity index is 727. The van der Waals surface area contributed by atoms with E-state index in [1.807, 2.05) is 38.2 Å². The van der Waals surface area contributed by atoms with Crippen LogP contribution in [0.25, 0.3) is 0 Å². The molecule has 1 aromatic carbocycles. The summed E-state index contributed by atoms with van der Waals surface area (Å²) < 4.78 is 7.17. The monoisotopic (exact) mass is 373 g/mol. The van der Waals surface area contributed by atoms with Gasteiger partial charge in [-0.15, -0.1) is 5.10 Å². The SMILES string of the molecule is CCCCOC(=O)CC(CCc1cn(CC)nn1)c1ccc(C)c(CO)c1. The van der Waals surface area contributed by atoms with E-state index < -0.39 is 0 Å². The van der Waals surface area contributed by atoms with Crippen molar-refractivity contribution in [2.75, 3.05) is 6.61 Å². The Kier molecular flexibility index (Phi) is 8.45. The predicted molar refractivity (Wildman–Crippen MR) is 104 cm³/mol. The molecule has 1 heterocycles. The van der Waals surface area contributed by atoms with Gasteiger partial charge in [-0.25, -0.2) is 0 Å². The Labute approximate surface area is 161 Å². The Morgan fingerprint density at radius 3 is 2.81 bits per heavy atom. The van der Waals surface area contributed by atoms with Crippen molar-refractivity contribution in [2.45, 2.75) is 71.9 Å². The van der Waals surface area contributed by atoms with Gasteiger partial charge in [-0.1, -0.05) is 36.8 Å². The summed E-state index contributed by atoms with van der Waals surface area (Å²) in [5.41, 5.74) is 3.93. The van der Waals surface area contributed by atoms with Crippen LogP contribution in [-0.4, -0.2) is 32.7 Å². The zero-order valence-corrected chi connectivity index (χ0v) is 16.6. The van der Waals surface area contributed by atoms with Gasteiger partial charge in [0.05, 0.1) is 25.3 Å². The highest BCUT2D eigenvalue weighted by Gasteiger charge is 2.19. The average molecular weight is 373 g/mol. The number of benzene rings is 1. The number of aryl methyl sites for hydroxylation is 3. The van der Waals surface area contributed by atoms with E-state index >= 15 is 0 Å². The lowest BCUT2D eigenvalue weighted by atomic mass is 9.88. The zero-order chi connectivity index (χ0) is 19.6. The summed E-state index contributed by atoms with van der Waals surface area (Å²) in [7, 11) is 0. The highest BCUT2D eigenvalue weighted by atomic mass is 16.5. The Morgan fingerprint density at radius 1 is 1.33 bits per heavy atom. The minimum Gasteiger partial charge on any atom is -0.466 e. The average Bonchev–Trinajstić information content (AvgIpc) is 3.14. The molecule has 2 aromatic rings. The van der Waals surface area contributed by atoms with Gasteiger partial charge in [0.2, 0.25) is 0 Å². The minimum atomic E-state index is -0.170. The molecule has 0 bridgehead atoms. The van der Waals surface area contributed by atoms with E-state index in [9.17, 15) is 9.90 Å². The van der Waals surface area contributed by atoms with Gasteiger partial charge in [0, 0.05) is 12.7 Å². The number of esters is 1. The smallest absolute Gasteiger partial charge is 0.306 e. The summed E-state index contributed by atoms with van der Waals surface area (Å²) in [6.07, 6.45) is 5.69. The molecule has 1 aromatic heterocycles. The summed E-state index contributed by atoms with van der Waals surface area (Å²) in [4.78, 5) is 12.3. The van der Waals surface area contributed by atoms with Crippen molar-refractivity contribution < 1.29 is 14.6 Å². The molecule has 0 aliphatic heterocycles. The Balaban J connectivity index is 2.10. The van der Waals surface area contributed by atoms with Crippen molar-refractivity contribution in [3.05, 3.63) is 46.8 Å².